The van der Waals surface area contributed by atoms with Crippen LogP contribution in [0.3, 0.4) is 0 Å². The minimum atomic E-state index is -0.251. The third kappa shape index (κ3) is 1.99. The topological polar surface area (TPSA) is 20.2 Å². The first-order valence-electron chi connectivity index (χ1n) is 7.40. The number of aliphatic hydroxyl groups excluding tert-OH is 1. The predicted octanol–water partition coefficient (Wildman–Crippen LogP) is 4.45. The van der Waals surface area contributed by atoms with Crippen LogP contribution in [0.5, 0.6) is 0 Å². The summed E-state index contributed by atoms with van der Waals surface area (Å²) in [4.78, 5) is 0. The maximum absolute atomic E-state index is 10.2. The summed E-state index contributed by atoms with van der Waals surface area (Å²) in [6, 6.07) is 6.88. The molecule has 0 saturated heterocycles. The van der Waals surface area contributed by atoms with E-state index in [2.05, 4.69) is 32.0 Å². The van der Waals surface area contributed by atoms with Crippen LogP contribution in [0.4, 0.5) is 0 Å². The molecule has 0 spiro atoms. The van der Waals surface area contributed by atoms with Crippen molar-refractivity contribution in [2.75, 3.05) is 0 Å². The normalized spacial score (nSPS) is 27.2. The summed E-state index contributed by atoms with van der Waals surface area (Å²) in [7, 11) is 0. The molecule has 1 nitrogen and oxygen atoms in total. The molecule has 0 bridgehead atoms. The third-order valence-corrected chi connectivity index (χ3v) is 4.94. The van der Waals surface area contributed by atoms with Crippen molar-refractivity contribution in [2.24, 2.45) is 0 Å². The van der Waals surface area contributed by atoms with Gasteiger partial charge in [0.05, 0.1) is 6.10 Å². The van der Waals surface area contributed by atoms with Crippen LogP contribution >= 0.6 is 0 Å². The fourth-order valence-corrected chi connectivity index (χ4v) is 3.87. The second kappa shape index (κ2) is 4.38. The average molecular weight is 244 g/mol. The molecule has 1 atom stereocenters. The van der Waals surface area contributed by atoms with Gasteiger partial charge in [0.2, 0.25) is 0 Å². The molecule has 0 unspecified atom stereocenters. The number of hydrogen-bond donors (Lipinski definition) is 1. The van der Waals surface area contributed by atoms with Crippen molar-refractivity contribution in [3.8, 4) is 0 Å². The minimum absolute atomic E-state index is 0.139. The molecule has 1 saturated carbocycles. The van der Waals surface area contributed by atoms with Crippen LogP contribution in [0.15, 0.2) is 18.2 Å². The van der Waals surface area contributed by atoms with Crippen LogP contribution in [0.25, 0.3) is 0 Å². The Morgan fingerprint density at radius 3 is 2.56 bits per heavy atom. The summed E-state index contributed by atoms with van der Waals surface area (Å²) in [5.41, 5.74) is 4.16. The van der Waals surface area contributed by atoms with Crippen molar-refractivity contribution < 1.29 is 5.11 Å². The molecule has 18 heavy (non-hydrogen) atoms. The molecule has 98 valence electrons. The van der Waals surface area contributed by atoms with Gasteiger partial charge >= 0.3 is 0 Å². The molecule has 3 rings (SSSR count). The summed E-state index contributed by atoms with van der Waals surface area (Å²) >= 11 is 0. The molecular weight excluding hydrogens is 220 g/mol. The lowest BCUT2D eigenvalue weighted by atomic mass is 9.81. The standard InChI is InChI=1S/C17H24O/c1-17(2)11-16(18)14-10-13(8-9-15(14)17)12-6-4-3-5-7-12/h8-10,12,16,18H,3-7,11H2,1-2H3/t16-/m0/s1. The van der Waals surface area contributed by atoms with Gasteiger partial charge in [-0.3, -0.25) is 0 Å². The Morgan fingerprint density at radius 1 is 1.11 bits per heavy atom. The highest BCUT2D eigenvalue weighted by molar-refractivity contribution is 5.43. The Kier molecular flexibility index (Phi) is 2.97. The minimum Gasteiger partial charge on any atom is -0.388 e. The highest BCUT2D eigenvalue weighted by atomic mass is 16.3. The van der Waals surface area contributed by atoms with Crippen molar-refractivity contribution in [2.45, 2.75) is 69.8 Å². The first kappa shape index (κ1) is 12.2. The zero-order valence-corrected chi connectivity index (χ0v) is 11.6. The smallest absolute Gasteiger partial charge is 0.0801 e. The number of rotatable bonds is 1. The number of benzene rings is 1. The van der Waals surface area contributed by atoms with E-state index in [0.29, 0.717) is 0 Å². The first-order valence-corrected chi connectivity index (χ1v) is 7.40. The summed E-state index contributed by atoms with van der Waals surface area (Å²) < 4.78 is 0. The quantitative estimate of drug-likeness (QED) is 0.774. The van der Waals surface area contributed by atoms with Gasteiger partial charge in [0.1, 0.15) is 0 Å². The van der Waals surface area contributed by atoms with Crippen LogP contribution in [0.1, 0.15) is 81.1 Å². The average Bonchev–Trinajstić information content (AvgIpc) is 2.61. The van der Waals surface area contributed by atoms with Crippen LogP contribution in [0, 0.1) is 0 Å². The van der Waals surface area contributed by atoms with E-state index >= 15 is 0 Å². The lowest BCUT2D eigenvalue weighted by Gasteiger charge is -2.24. The molecule has 1 heteroatoms. The lowest BCUT2D eigenvalue weighted by Crippen LogP contribution is -2.12. The molecular formula is C17H24O. The molecule has 0 radical (unpaired) electrons. The summed E-state index contributed by atoms with van der Waals surface area (Å²) in [5, 5.41) is 10.2. The molecule has 1 aromatic rings. The summed E-state index contributed by atoms with van der Waals surface area (Å²) in [5.74, 6) is 0.736. The lowest BCUT2D eigenvalue weighted by molar-refractivity contribution is 0.161. The predicted molar refractivity (Wildman–Crippen MR) is 74.9 cm³/mol. The SMILES string of the molecule is CC1(C)C[C@H](O)c2cc(C3CCCCC3)ccc21. The molecule has 1 N–H and O–H groups in total. The molecule has 0 amide bonds. The van der Waals surface area contributed by atoms with Gasteiger partial charge in [0, 0.05) is 0 Å². The van der Waals surface area contributed by atoms with Gasteiger partial charge in [-0.25, -0.2) is 0 Å². The Labute approximate surface area is 110 Å². The maximum atomic E-state index is 10.2. The van der Waals surface area contributed by atoms with E-state index in [1.54, 1.807) is 0 Å². The molecule has 0 heterocycles. The van der Waals surface area contributed by atoms with E-state index in [4.69, 9.17) is 0 Å². The van der Waals surface area contributed by atoms with Crippen molar-refractivity contribution in [1.82, 2.24) is 0 Å². The van der Waals surface area contributed by atoms with Gasteiger partial charge in [0.15, 0.2) is 0 Å². The van der Waals surface area contributed by atoms with E-state index in [1.807, 2.05) is 0 Å². The fourth-order valence-electron chi connectivity index (χ4n) is 3.87. The van der Waals surface area contributed by atoms with Crippen molar-refractivity contribution in [1.29, 1.82) is 0 Å². The molecule has 0 aromatic heterocycles. The van der Waals surface area contributed by atoms with E-state index in [0.717, 1.165) is 12.3 Å². The molecule has 0 aliphatic heterocycles. The van der Waals surface area contributed by atoms with Gasteiger partial charge in [-0.05, 0) is 47.3 Å². The van der Waals surface area contributed by atoms with E-state index in [9.17, 15) is 5.11 Å². The zero-order chi connectivity index (χ0) is 12.8. The summed E-state index contributed by atoms with van der Waals surface area (Å²) in [6.45, 7) is 4.48. The van der Waals surface area contributed by atoms with Crippen LogP contribution in [0.2, 0.25) is 0 Å². The van der Waals surface area contributed by atoms with E-state index in [1.165, 1.54) is 48.8 Å². The third-order valence-electron chi connectivity index (χ3n) is 4.94. The molecule has 1 fully saturated rings. The van der Waals surface area contributed by atoms with Crippen molar-refractivity contribution >= 4 is 0 Å². The van der Waals surface area contributed by atoms with E-state index in [-0.39, 0.29) is 11.5 Å². The second-order valence-electron chi connectivity index (χ2n) is 6.79. The fraction of sp³-hybridized carbons (Fsp3) is 0.647. The van der Waals surface area contributed by atoms with Gasteiger partial charge in [0.25, 0.3) is 0 Å². The van der Waals surface area contributed by atoms with Crippen LogP contribution < -0.4 is 0 Å². The Bertz CT molecular complexity index is 441. The molecule has 1 aromatic carbocycles. The van der Waals surface area contributed by atoms with Crippen LogP contribution in [-0.4, -0.2) is 5.11 Å². The van der Waals surface area contributed by atoms with E-state index < -0.39 is 0 Å². The van der Waals surface area contributed by atoms with Gasteiger partial charge in [-0.2, -0.15) is 0 Å². The molecule has 2 aliphatic rings. The number of aliphatic hydroxyl groups is 1. The highest BCUT2D eigenvalue weighted by Gasteiger charge is 2.36. The first-order chi connectivity index (χ1) is 8.58. The number of hydrogen-bond acceptors (Lipinski definition) is 1. The Balaban J connectivity index is 1.94. The Morgan fingerprint density at radius 2 is 1.83 bits per heavy atom. The molecule has 2 aliphatic carbocycles. The highest BCUT2D eigenvalue weighted by Crippen LogP contribution is 2.46. The van der Waals surface area contributed by atoms with Crippen molar-refractivity contribution in [3.63, 3.8) is 0 Å². The Hall–Kier alpha value is -0.820. The maximum Gasteiger partial charge on any atom is 0.0801 e. The zero-order valence-electron chi connectivity index (χ0n) is 11.6. The monoisotopic (exact) mass is 244 g/mol. The van der Waals surface area contributed by atoms with Crippen molar-refractivity contribution in [3.05, 3.63) is 34.9 Å². The number of fused-ring (bicyclic) bond motifs is 1. The second-order valence-corrected chi connectivity index (χ2v) is 6.79. The van der Waals surface area contributed by atoms with Gasteiger partial charge in [-0.15, -0.1) is 0 Å². The largest absolute Gasteiger partial charge is 0.388 e. The summed E-state index contributed by atoms with van der Waals surface area (Å²) in [6.07, 6.45) is 7.42. The van der Waals surface area contributed by atoms with Gasteiger partial charge < -0.3 is 5.11 Å². The van der Waals surface area contributed by atoms with Gasteiger partial charge in [-0.1, -0.05) is 51.3 Å². The van der Waals surface area contributed by atoms with Crippen LogP contribution in [-0.2, 0) is 5.41 Å².